The molecule has 4 heteroatoms. The van der Waals surface area contributed by atoms with Gasteiger partial charge in [0.1, 0.15) is 5.41 Å². The zero-order valence-electron chi connectivity index (χ0n) is 14.5. The summed E-state index contributed by atoms with van der Waals surface area (Å²) in [6.07, 6.45) is 6.83. The first-order valence-corrected chi connectivity index (χ1v) is 8.57. The third kappa shape index (κ3) is 4.34. The lowest BCUT2D eigenvalue weighted by atomic mass is 9.89. The van der Waals surface area contributed by atoms with Crippen molar-refractivity contribution < 1.29 is 9.59 Å². The van der Waals surface area contributed by atoms with Gasteiger partial charge in [0.05, 0.1) is 0 Å². The molecule has 2 amide bonds. The zero-order valence-corrected chi connectivity index (χ0v) is 14.5. The van der Waals surface area contributed by atoms with Gasteiger partial charge in [-0.2, -0.15) is 0 Å². The van der Waals surface area contributed by atoms with E-state index in [1.165, 1.54) is 12.8 Å². The summed E-state index contributed by atoms with van der Waals surface area (Å²) in [6.45, 7) is 3.42. The zero-order chi connectivity index (χ0) is 16.9. The number of nitrogens with zero attached hydrogens (tertiary/aromatic N) is 1. The van der Waals surface area contributed by atoms with Crippen LogP contribution in [-0.2, 0) is 9.59 Å². The quantitative estimate of drug-likeness (QED) is 0.682. The Labute approximate surface area is 139 Å². The van der Waals surface area contributed by atoms with E-state index in [-0.39, 0.29) is 17.9 Å². The van der Waals surface area contributed by atoms with E-state index < -0.39 is 5.41 Å². The molecule has 23 heavy (non-hydrogen) atoms. The number of para-hydroxylation sites is 1. The van der Waals surface area contributed by atoms with Crippen molar-refractivity contribution in [2.45, 2.75) is 58.4 Å². The first-order valence-electron chi connectivity index (χ1n) is 8.57. The Kier molecular flexibility index (Phi) is 5.80. The number of hydrogen-bond acceptors (Lipinski definition) is 2. The highest BCUT2D eigenvalue weighted by Crippen LogP contribution is 2.24. The maximum absolute atomic E-state index is 12.8. The number of carbonyl (C=O) groups is 2. The van der Waals surface area contributed by atoms with Crippen LogP contribution >= 0.6 is 0 Å². The molecule has 1 aliphatic rings. The van der Waals surface area contributed by atoms with Crippen LogP contribution in [-0.4, -0.2) is 24.9 Å². The van der Waals surface area contributed by atoms with Crippen LogP contribution in [0.25, 0.3) is 0 Å². The van der Waals surface area contributed by atoms with Gasteiger partial charge in [-0.25, -0.2) is 0 Å². The molecule has 0 saturated heterocycles. The Morgan fingerprint density at radius 3 is 2.17 bits per heavy atom. The molecule has 0 atom stereocenters. The molecule has 0 radical (unpaired) electrons. The lowest BCUT2D eigenvalue weighted by Gasteiger charge is -2.30. The van der Waals surface area contributed by atoms with E-state index in [0.717, 1.165) is 31.4 Å². The molecular formula is C19H28N2O2. The molecule has 126 valence electrons. The Morgan fingerprint density at radius 1 is 1.04 bits per heavy atom. The largest absolute Gasteiger partial charge is 0.352 e. The van der Waals surface area contributed by atoms with Gasteiger partial charge in [0.2, 0.25) is 11.8 Å². The number of hydrogen-bond donors (Lipinski definition) is 1. The van der Waals surface area contributed by atoms with Gasteiger partial charge in [-0.1, -0.05) is 43.9 Å². The summed E-state index contributed by atoms with van der Waals surface area (Å²) in [4.78, 5) is 27.0. The van der Waals surface area contributed by atoms with Crippen LogP contribution in [0.4, 0.5) is 5.69 Å². The maximum atomic E-state index is 12.8. The Hall–Kier alpha value is -1.84. The minimum Gasteiger partial charge on any atom is -0.352 e. The van der Waals surface area contributed by atoms with E-state index in [4.69, 9.17) is 0 Å². The van der Waals surface area contributed by atoms with Gasteiger partial charge in [-0.05, 0) is 38.8 Å². The number of nitrogens with one attached hydrogen (secondary N) is 1. The molecule has 0 bridgehead atoms. The first kappa shape index (κ1) is 17.5. The van der Waals surface area contributed by atoms with Gasteiger partial charge in [-0.3, -0.25) is 9.59 Å². The predicted octanol–water partition coefficient (Wildman–Crippen LogP) is 3.51. The number of anilines is 1. The highest BCUT2D eigenvalue weighted by molar-refractivity contribution is 6.10. The fourth-order valence-electron chi connectivity index (χ4n) is 3.07. The lowest BCUT2D eigenvalue weighted by molar-refractivity contribution is -0.140. The number of amides is 2. The van der Waals surface area contributed by atoms with E-state index in [2.05, 4.69) is 5.32 Å². The van der Waals surface area contributed by atoms with Crippen LogP contribution in [0.2, 0.25) is 0 Å². The minimum absolute atomic E-state index is 0.169. The van der Waals surface area contributed by atoms with Crippen molar-refractivity contribution >= 4 is 17.5 Å². The molecule has 1 aromatic carbocycles. The molecule has 4 nitrogen and oxygen atoms in total. The van der Waals surface area contributed by atoms with Crippen LogP contribution in [0.3, 0.4) is 0 Å². The molecule has 0 unspecified atom stereocenters. The normalized spacial score (nSPS) is 16.5. The molecule has 0 heterocycles. The van der Waals surface area contributed by atoms with Crippen molar-refractivity contribution in [2.75, 3.05) is 11.9 Å². The molecule has 1 fully saturated rings. The summed E-state index contributed by atoms with van der Waals surface area (Å²) in [6, 6.07) is 9.63. The average molecular weight is 316 g/mol. The number of carbonyl (C=O) groups excluding carboxylic acids is 2. The van der Waals surface area contributed by atoms with Crippen molar-refractivity contribution in [3.8, 4) is 0 Å². The van der Waals surface area contributed by atoms with Gasteiger partial charge in [0, 0.05) is 18.8 Å². The Balaban J connectivity index is 2.03. The smallest absolute Gasteiger partial charge is 0.241 e. The fraction of sp³-hybridized carbons (Fsp3) is 0.579. The lowest BCUT2D eigenvalue weighted by Crippen LogP contribution is -2.51. The predicted molar refractivity (Wildman–Crippen MR) is 93.3 cm³/mol. The highest BCUT2D eigenvalue weighted by atomic mass is 16.2. The molecular weight excluding hydrogens is 288 g/mol. The third-order valence-electron chi connectivity index (χ3n) is 4.74. The summed E-state index contributed by atoms with van der Waals surface area (Å²) in [5.41, 5.74) is -0.274. The van der Waals surface area contributed by atoms with Crippen molar-refractivity contribution in [2.24, 2.45) is 5.41 Å². The molecule has 0 aliphatic heterocycles. The SMILES string of the molecule is CN(C(=O)C(C)(C)C(=O)NC1CCCCCC1)c1ccccc1. The van der Waals surface area contributed by atoms with E-state index in [1.807, 2.05) is 30.3 Å². The Bertz CT molecular complexity index is 532. The minimum atomic E-state index is -1.07. The van der Waals surface area contributed by atoms with Crippen LogP contribution in [0.1, 0.15) is 52.4 Å². The molecule has 1 N–H and O–H groups in total. The average Bonchev–Trinajstić information content (AvgIpc) is 2.82. The van der Waals surface area contributed by atoms with Gasteiger partial charge in [0.15, 0.2) is 0 Å². The summed E-state index contributed by atoms with van der Waals surface area (Å²) in [5.74, 6) is -0.355. The van der Waals surface area contributed by atoms with Gasteiger partial charge >= 0.3 is 0 Å². The summed E-state index contributed by atoms with van der Waals surface area (Å²) in [7, 11) is 1.72. The van der Waals surface area contributed by atoms with E-state index in [0.29, 0.717) is 0 Å². The number of benzene rings is 1. The molecule has 0 spiro atoms. The fourth-order valence-corrected chi connectivity index (χ4v) is 3.07. The van der Waals surface area contributed by atoms with E-state index in [1.54, 1.807) is 25.8 Å². The summed E-state index contributed by atoms with van der Waals surface area (Å²) >= 11 is 0. The maximum Gasteiger partial charge on any atom is 0.241 e. The topological polar surface area (TPSA) is 49.4 Å². The van der Waals surface area contributed by atoms with E-state index >= 15 is 0 Å². The summed E-state index contributed by atoms with van der Waals surface area (Å²) < 4.78 is 0. The van der Waals surface area contributed by atoms with Gasteiger partial charge in [-0.15, -0.1) is 0 Å². The monoisotopic (exact) mass is 316 g/mol. The standard InChI is InChI=1S/C19H28N2O2/c1-19(2,17(22)20-15-11-7-4-5-8-12-15)18(23)21(3)16-13-9-6-10-14-16/h6,9-10,13-15H,4-5,7-8,11-12H2,1-3H3,(H,20,22). The molecule has 1 saturated carbocycles. The van der Waals surface area contributed by atoms with Crippen LogP contribution < -0.4 is 10.2 Å². The van der Waals surface area contributed by atoms with Crippen LogP contribution in [0, 0.1) is 5.41 Å². The second kappa shape index (κ2) is 7.62. The Morgan fingerprint density at radius 2 is 1.61 bits per heavy atom. The van der Waals surface area contributed by atoms with E-state index in [9.17, 15) is 9.59 Å². The second-order valence-electron chi connectivity index (χ2n) is 6.99. The third-order valence-corrected chi connectivity index (χ3v) is 4.74. The van der Waals surface area contributed by atoms with Crippen molar-refractivity contribution in [1.82, 2.24) is 5.32 Å². The van der Waals surface area contributed by atoms with Crippen molar-refractivity contribution in [3.63, 3.8) is 0 Å². The van der Waals surface area contributed by atoms with Crippen molar-refractivity contribution in [3.05, 3.63) is 30.3 Å². The summed E-state index contributed by atoms with van der Waals surface area (Å²) in [5, 5.41) is 3.10. The van der Waals surface area contributed by atoms with Crippen molar-refractivity contribution in [1.29, 1.82) is 0 Å². The highest BCUT2D eigenvalue weighted by Gasteiger charge is 2.39. The van der Waals surface area contributed by atoms with Gasteiger partial charge < -0.3 is 10.2 Å². The molecule has 1 aliphatic carbocycles. The molecule has 2 rings (SSSR count). The molecule has 0 aromatic heterocycles. The van der Waals surface area contributed by atoms with Crippen LogP contribution in [0.15, 0.2) is 30.3 Å². The second-order valence-corrected chi connectivity index (χ2v) is 6.99. The van der Waals surface area contributed by atoms with Gasteiger partial charge in [0.25, 0.3) is 0 Å². The molecule has 1 aromatic rings. The van der Waals surface area contributed by atoms with Crippen LogP contribution in [0.5, 0.6) is 0 Å². The first-order chi connectivity index (χ1) is 10.9. The number of rotatable bonds is 4.